The Morgan fingerprint density at radius 2 is 1.92 bits per heavy atom. The number of piperazine rings is 1. The molecular formula is C17H21BrN4O4. The lowest BCUT2D eigenvalue weighted by Gasteiger charge is -2.35. The molecule has 2 heterocycles. The van der Waals surface area contributed by atoms with Crippen LogP contribution in [0.5, 0.6) is 5.75 Å². The molecule has 0 spiro atoms. The van der Waals surface area contributed by atoms with Gasteiger partial charge in [-0.1, -0.05) is 0 Å². The Hall–Kier alpha value is -2.13. The zero-order valence-electron chi connectivity index (χ0n) is 14.3. The minimum atomic E-state index is -0.160. The number of urea groups is 1. The monoisotopic (exact) mass is 424 g/mol. The van der Waals surface area contributed by atoms with Crippen LogP contribution in [0, 0.1) is 0 Å². The molecule has 0 bridgehead atoms. The number of carbonyl (C=O) groups excluding carboxylic acids is 3. The molecule has 2 aliphatic rings. The standard InChI is InChI=1S/C17H21BrN4O4/c18-14-10-12(9-13(11-23)15(14)24)16(25)21-6-3-20(4-7-21)5-8-22-2-1-19-17(22)26/h9-11,24H,1-8H2,(H,19,26). The molecule has 9 heteroatoms. The van der Waals surface area contributed by atoms with Crippen molar-refractivity contribution in [2.24, 2.45) is 0 Å². The normalized spacial score (nSPS) is 18.1. The first-order valence-corrected chi connectivity index (χ1v) is 9.31. The molecule has 0 aromatic heterocycles. The fourth-order valence-corrected chi connectivity index (χ4v) is 3.65. The van der Waals surface area contributed by atoms with Gasteiger partial charge < -0.3 is 20.2 Å². The summed E-state index contributed by atoms with van der Waals surface area (Å²) >= 11 is 3.17. The molecule has 2 fully saturated rings. The van der Waals surface area contributed by atoms with Crippen molar-refractivity contribution in [2.75, 3.05) is 52.4 Å². The molecule has 2 aliphatic heterocycles. The van der Waals surface area contributed by atoms with Crippen molar-refractivity contribution < 1.29 is 19.5 Å². The van der Waals surface area contributed by atoms with Crippen LogP contribution in [0.1, 0.15) is 20.7 Å². The zero-order valence-corrected chi connectivity index (χ0v) is 15.9. The van der Waals surface area contributed by atoms with Gasteiger partial charge >= 0.3 is 6.03 Å². The molecule has 2 N–H and O–H groups in total. The molecule has 1 aromatic carbocycles. The molecule has 0 radical (unpaired) electrons. The number of hydrogen-bond acceptors (Lipinski definition) is 5. The van der Waals surface area contributed by atoms with E-state index < -0.39 is 0 Å². The first-order valence-electron chi connectivity index (χ1n) is 8.51. The highest BCUT2D eigenvalue weighted by Crippen LogP contribution is 2.29. The Labute approximate surface area is 159 Å². The maximum atomic E-state index is 12.7. The summed E-state index contributed by atoms with van der Waals surface area (Å²) in [5.74, 6) is -0.320. The Morgan fingerprint density at radius 3 is 2.54 bits per heavy atom. The lowest BCUT2D eigenvalue weighted by molar-refractivity contribution is 0.0630. The van der Waals surface area contributed by atoms with Gasteiger partial charge in [-0.2, -0.15) is 0 Å². The van der Waals surface area contributed by atoms with Crippen molar-refractivity contribution in [1.29, 1.82) is 0 Å². The average Bonchev–Trinajstić information content (AvgIpc) is 3.07. The quantitative estimate of drug-likeness (QED) is 0.680. The molecule has 0 unspecified atom stereocenters. The minimum Gasteiger partial charge on any atom is -0.506 e. The predicted octanol–water partition coefficient (Wildman–Crippen LogP) is 0.750. The first-order chi connectivity index (χ1) is 12.5. The SMILES string of the molecule is O=Cc1cc(C(=O)N2CCN(CCN3CCNC3=O)CC2)cc(Br)c1O. The van der Waals surface area contributed by atoms with E-state index in [4.69, 9.17) is 0 Å². The maximum Gasteiger partial charge on any atom is 0.317 e. The zero-order chi connectivity index (χ0) is 18.7. The largest absolute Gasteiger partial charge is 0.506 e. The third-order valence-electron chi connectivity index (χ3n) is 4.76. The molecule has 2 saturated heterocycles. The van der Waals surface area contributed by atoms with Crippen molar-refractivity contribution in [1.82, 2.24) is 20.0 Å². The number of benzene rings is 1. The van der Waals surface area contributed by atoms with Gasteiger partial charge in [0, 0.05) is 57.9 Å². The Bertz CT molecular complexity index is 719. The number of carbonyl (C=O) groups is 3. The Morgan fingerprint density at radius 1 is 1.19 bits per heavy atom. The van der Waals surface area contributed by atoms with Gasteiger partial charge in [0.15, 0.2) is 6.29 Å². The fraction of sp³-hybridized carbons (Fsp3) is 0.471. The summed E-state index contributed by atoms with van der Waals surface area (Å²) in [5, 5.41) is 12.6. The number of phenolic OH excluding ortho intramolecular Hbond substituents is 1. The molecule has 0 saturated carbocycles. The van der Waals surface area contributed by atoms with Crippen LogP contribution in [0.4, 0.5) is 4.79 Å². The van der Waals surface area contributed by atoms with Crippen LogP contribution in [0.2, 0.25) is 0 Å². The van der Waals surface area contributed by atoms with E-state index in [1.165, 1.54) is 12.1 Å². The van der Waals surface area contributed by atoms with Crippen molar-refractivity contribution in [3.63, 3.8) is 0 Å². The molecule has 3 rings (SSSR count). The number of rotatable bonds is 5. The fourth-order valence-electron chi connectivity index (χ4n) is 3.18. The van der Waals surface area contributed by atoms with Gasteiger partial charge in [-0.15, -0.1) is 0 Å². The second kappa shape index (κ2) is 8.05. The van der Waals surface area contributed by atoms with E-state index in [1.54, 1.807) is 9.80 Å². The van der Waals surface area contributed by atoms with Crippen LogP contribution < -0.4 is 5.32 Å². The highest BCUT2D eigenvalue weighted by molar-refractivity contribution is 9.10. The minimum absolute atomic E-state index is 0.0114. The summed E-state index contributed by atoms with van der Waals surface area (Å²) in [5.41, 5.74) is 0.462. The van der Waals surface area contributed by atoms with E-state index in [0.29, 0.717) is 42.5 Å². The van der Waals surface area contributed by atoms with Crippen LogP contribution in [0.3, 0.4) is 0 Å². The van der Waals surface area contributed by atoms with E-state index >= 15 is 0 Å². The number of hydrogen-bond donors (Lipinski definition) is 2. The van der Waals surface area contributed by atoms with Crippen LogP contribution in [0.15, 0.2) is 16.6 Å². The van der Waals surface area contributed by atoms with Crippen molar-refractivity contribution in [3.8, 4) is 5.75 Å². The number of aldehydes is 1. The molecule has 0 aliphatic carbocycles. The van der Waals surface area contributed by atoms with Gasteiger partial charge in [-0.3, -0.25) is 14.5 Å². The van der Waals surface area contributed by atoms with E-state index in [-0.39, 0.29) is 23.3 Å². The number of amides is 3. The van der Waals surface area contributed by atoms with Gasteiger partial charge in [0.05, 0.1) is 10.0 Å². The maximum absolute atomic E-state index is 12.7. The lowest BCUT2D eigenvalue weighted by atomic mass is 10.1. The van der Waals surface area contributed by atoms with Gasteiger partial charge in [0.25, 0.3) is 5.91 Å². The summed E-state index contributed by atoms with van der Waals surface area (Å²) in [6.45, 7) is 5.56. The van der Waals surface area contributed by atoms with Crippen LogP contribution >= 0.6 is 15.9 Å². The van der Waals surface area contributed by atoms with Gasteiger partial charge in [0.1, 0.15) is 5.75 Å². The van der Waals surface area contributed by atoms with Gasteiger partial charge in [-0.25, -0.2) is 4.79 Å². The van der Waals surface area contributed by atoms with Crippen LogP contribution in [-0.4, -0.2) is 90.4 Å². The summed E-state index contributed by atoms with van der Waals surface area (Å²) in [7, 11) is 0. The number of aromatic hydroxyl groups is 1. The number of nitrogens with one attached hydrogen (secondary N) is 1. The number of phenols is 1. The van der Waals surface area contributed by atoms with E-state index in [0.717, 1.165) is 26.2 Å². The number of nitrogens with zero attached hydrogens (tertiary/aromatic N) is 3. The highest BCUT2D eigenvalue weighted by Gasteiger charge is 2.25. The molecule has 26 heavy (non-hydrogen) atoms. The molecule has 8 nitrogen and oxygen atoms in total. The molecule has 3 amide bonds. The van der Waals surface area contributed by atoms with Crippen molar-refractivity contribution >= 4 is 34.2 Å². The van der Waals surface area contributed by atoms with Crippen molar-refractivity contribution in [3.05, 3.63) is 27.7 Å². The summed E-state index contributed by atoms with van der Waals surface area (Å²) in [4.78, 5) is 41.0. The van der Waals surface area contributed by atoms with Gasteiger partial charge in [-0.05, 0) is 28.1 Å². The smallest absolute Gasteiger partial charge is 0.317 e. The van der Waals surface area contributed by atoms with Crippen LogP contribution in [-0.2, 0) is 0 Å². The topological polar surface area (TPSA) is 93.2 Å². The Kier molecular flexibility index (Phi) is 5.77. The van der Waals surface area contributed by atoms with E-state index in [2.05, 4.69) is 26.1 Å². The lowest BCUT2D eigenvalue weighted by Crippen LogP contribution is -2.50. The van der Waals surface area contributed by atoms with E-state index in [1.807, 2.05) is 0 Å². The second-order valence-electron chi connectivity index (χ2n) is 6.37. The van der Waals surface area contributed by atoms with E-state index in [9.17, 15) is 19.5 Å². The third kappa shape index (κ3) is 3.99. The summed E-state index contributed by atoms with van der Waals surface area (Å²) < 4.78 is 0.327. The second-order valence-corrected chi connectivity index (χ2v) is 7.22. The molecule has 140 valence electrons. The molecule has 1 aromatic rings. The Balaban J connectivity index is 1.54. The van der Waals surface area contributed by atoms with Crippen LogP contribution in [0.25, 0.3) is 0 Å². The van der Waals surface area contributed by atoms with Crippen molar-refractivity contribution in [2.45, 2.75) is 0 Å². The molecule has 0 atom stereocenters. The predicted molar refractivity (Wildman–Crippen MR) is 98.5 cm³/mol. The third-order valence-corrected chi connectivity index (χ3v) is 5.36. The summed E-state index contributed by atoms with van der Waals surface area (Å²) in [6.07, 6.45) is 0.531. The first kappa shape index (κ1) is 18.7. The highest BCUT2D eigenvalue weighted by atomic mass is 79.9. The number of halogens is 1. The van der Waals surface area contributed by atoms with Gasteiger partial charge in [0.2, 0.25) is 0 Å². The molecular weight excluding hydrogens is 404 g/mol. The summed E-state index contributed by atoms with van der Waals surface area (Å²) in [6, 6.07) is 2.93. The average molecular weight is 425 g/mol.